The molecule has 1 rings (SSSR count). The summed E-state index contributed by atoms with van der Waals surface area (Å²) in [7, 11) is 0. The van der Waals surface area contributed by atoms with E-state index in [0.29, 0.717) is 0 Å². The number of rotatable bonds is 4. The van der Waals surface area contributed by atoms with Gasteiger partial charge in [0, 0.05) is 6.20 Å². The molecule has 1 aromatic rings. The molecule has 1 heterocycles. The van der Waals surface area contributed by atoms with E-state index in [4.69, 9.17) is 0 Å². The minimum atomic E-state index is -0.373. The molecule has 5 heteroatoms. The van der Waals surface area contributed by atoms with E-state index >= 15 is 0 Å². The quantitative estimate of drug-likeness (QED) is 0.630. The summed E-state index contributed by atoms with van der Waals surface area (Å²) in [5.41, 5.74) is 0.790. The number of aromatic nitrogens is 1. The molecule has 0 saturated heterocycles. The smallest absolute Gasteiger partial charge is 0.649 e. The first-order valence-corrected chi connectivity index (χ1v) is 6.15. The molecule has 0 aromatic carbocycles. The Morgan fingerprint density at radius 3 is 2.35 bits per heavy atom. The van der Waals surface area contributed by atoms with Gasteiger partial charge in [-0.2, -0.15) is 6.42 Å². The number of nitrogens with one attached hydrogen (secondary N) is 1. The molecule has 0 spiro atoms. The van der Waals surface area contributed by atoms with Crippen molar-refractivity contribution in [2.45, 2.75) is 45.8 Å². The van der Waals surface area contributed by atoms with E-state index in [1.165, 1.54) is 6.47 Å². The van der Waals surface area contributed by atoms with Crippen molar-refractivity contribution in [1.82, 2.24) is 4.98 Å². The number of carbonyl (C=O) groups excluding carboxylic acids is 1. The molecule has 20 heavy (non-hydrogen) atoms. The third kappa shape index (κ3) is 12.5. The van der Waals surface area contributed by atoms with Gasteiger partial charge in [0.1, 0.15) is 5.82 Å². The summed E-state index contributed by atoms with van der Waals surface area (Å²) < 4.78 is 4.42. The molecule has 0 aliphatic carbocycles. The van der Waals surface area contributed by atoms with Crippen molar-refractivity contribution in [1.29, 1.82) is 0 Å². The summed E-state index contributed by atoms with van der Waals surface area (Å²) >= 11 is 0. The van der Waals surface area contributed by atoms with Crippen molar-refractivity contribution < 1.29 is 39.1 Å². The zero-order valence-electron chi connectivity index (χ0n) is 13.2. The van der Waals surface area contributed by atoms with Crippen molar-refractivity contribution in [2.75, 3.05) is 5.32 Å². The average molecular weight is 286 g/mol. The molecule has 1 aromatic heterocycles. The van der Waals surface area contributed by atoms with Crippen molar-refractivity contribution >= 4 is 12.3 Å². The van der Waals surface area contributed by atoms with Crippen LogP contribution in [-0.2, 0) is 9.53 Å². The van der Waals surface area contributed by atoms with Gasteiger partial charge in [-0.15, -0.1) is 6.04 Å². The number of hydrogen-bond acceptors (Lipinski definition) is 4. The molecular weight excluding hydrogens is 263 g/mol. The Labute approximate surface area is 145 Å². The largest absolute Gasteiger partial charge is 1.00 e. The minimum absolute atomic E-state index is 0. The summed E-state index contributed by atoms with van der Waals surface area (Å²) in [6.45, 7) is 16.3. The predicted molar refractivity (Wildman–Crippen MR) is 78.2 cm³/mol. The van der Waals surface area contributed by atoms with Crippen molar-refractivity contribution in [3.8, 4) is 0 Å². The van der Waals surface area contributed by atoms with Crippen LogP contribution in [0.3, 0.4) is 0 Å². The first kappa shape index (κ1) is 21.7. The summed E-state index contributed by atoms with van der Waals surface area (Å²) in [4.78, 5) is 13.7. The van der Waals surface area contributed by atoms with Gasteiger partial charge in [0.25, 0.3) is 0 Å². The molecule has 0 bridgehead atoms. The van der Waals surface area contributed by atoms with Gasteiger partial charge in [-0.25, -0.2) is 4.98 Å². The predicted octanol–water partition coefficient (Wildman–Crippen LogP) is 0.102. The van der Waals surface area contributed by atoms with Crippen LogP contribution in [0.5, 0.6) is 0 Å². The second-order valence-corrected chi connectivity index (χ2v) is 5.15. The fraction of sp³-hybridized carbons (Fsp3) is 0.467. The van der Waals surface area contributed by atoms with Crippen molar-refractivity contribution in [3.63, 3.8) is 0 Å². The molecule has 1 N–H and O–H groups in total. The van der Waals surface area contributed by atoms with Crippen LogP contribution in [0.2, 0.25) is 0 Å². The maximum Gasteiger partial charge on any atom is 1.00 e. The van der Waals surface area contributed by atoms with Gasteiger partial charge < -0.3 is 28.7 Å². The topological polar surface area (TPSA) is 51.2 Å². The van der Waals surface area contributed by atoms with E-state index in [-0.39, 0.29) is 41.2 Å². The summed E-state index contributed by atoms with van der Waals surface area (Å²) in [6, 6.07) is 4.11. The fourth-order valence-electron chi connectivity index (χ4n) is 0.959. The Morgan fingerprint density at radius 2 is 2.05 bits per heavy atom. The van der Waals surface area contributed by atoms with E-state index in [9.17, 15) is 4.79 Å². The number of nitrogens with zero attached hydrogens (tertiary/aromatic N) is 1. The minimum Gasteiger partial charge on any atom is -0.649 e. The van der Waals surface area contributed by atoms with Gasteiger partial charge in [-0.3, -0.25) is 0 Å². The van der Waals surface area contributed by atoms with E-state index < -0.39 is 0 Å². The van der Waals surface area contributed by atoms with Gasteiger partial charge in [0.05, 0.1) is 5.60 Å². The zero-order chi connectivity index (χ0) is 14.9. The van der Waals surface area contributed by atoms with Gasteiger partial charge in [0.15, 0.2) is 0 Å². The molecule has 0 saturated carbocycles. The first-order chi connectivity index (χ1) is 8.78. The van der Waals surface area contributed by atoms with Crippen LogP contribution < -0.4 is 34.9 Å². The van der Waals surface area contributed by atoms with Crippen LogP contribution in [0.15, 0.2) is 18.3 Å². The molecule has 0 radical (unpaired) electrons. The first-order valence-electron chi connectivity index (χ1n) is 6.15. The molecular formula is C15H23N2NaO2-2. The maximum absolute atomic E-state index is 9.47. The van der Waals surface area contributed by atoms with E-state index in [0.717, 1.165) is 17.8 Å². The van der Waals surface area contributed by atoms with E-state index in [2.05, 4.69) is 28.9 Å². The zero-order valence-corrected chi connectivity index (χ0v) is 15.2. The van der Waals surface area contributed by atoms with Gasteiger partial charge in [0.2, 0.25) is 0 Å². The normalized spacial score (nSPS) is 11.3. The number of aryl methyl sites for hydroxylation is 1. The monoisotopic (exact) mass is 286 g/mol. The van der Waals surface area contributed by atoms with Crippen molar-refractivity contribution in [2.24, 2.45) is 0 Å². The number of ether oxygens (including phenoxy) is 1. The van der Waals surface area contributed by atoms with Crippen LogP contribution in [-0.4, -0.2) is 23.1 Å². The Hall–Kier alpha value is -0.580. The van der Waals surface area contributed by atoms with E-state index in [1.807, 2.05) is 25.3 Å². The summed E-state index contributed by atoms with van der Waals surface area (Å²) in [5, 5.41) is 3.13. The Balaban J connectivity index is 0. The fourth-order valence-corrected chi connectivity index (χ4v) is 0.959. The molecule has 4 nitrogen and oxygen atoms in total. The van der Waals surface area contributed by atoms with Gasteiger partial charge >= 0.3 is 29.6 Å². The van der Waals surface area contributed by atoms with Gasteiger partial charge in [-0.1, -0.05) is 12.5 Å². The Kier molecular flexibility index (Phi) is 12.1. The third-order valence-electron chi connectivity index (χ3n) is 1.96. The van der Waals surface area contributed by atoms with Crippen LogP contribution in [0, 0.1) is 20.8 Å². The molecule has 0 aliphatic rings. The Bertz CT molecular complexity index is 361. The molecule has 108 valence electrons. The molecule has 1 atom stereocenters. The van der Waals surface area contributed by atoms with Crippen LogP contribution >= 0.6 is 0 Å². The van der Waals surface area contributed by atoms with Crippen molar-refractivity contribution in [3.05, 3.63) is 37.7 Å². The van der Waals surface area contributed by atoms with Crippen LogP contribution in [0.4, 0.5) is 5.82 Å². The SMILES string of the molecule is CC(C)(C)O[C-]=O.[CH2-]CC([CH2-])Nc1ccc(C)cn1.[Na+]. The molecule has 0 aliphatic heterocycles. The van der Waals surface area contributed by atoms with Gasteiger partial charge in [-0.05, 0) is 39.3 Å². The average Bonchev–Trinajstić information content (AvgIpc) is 2.31. The number of anilines is 1. The second-order valence-electron chi connectivity index (χ2n) is 5.15. The maximum atomic E-state index is 9.47. The summed E-state index contributed by atoms with van der Waals surface area (Å²) in [6.07, 6.45) is 2.59. The molecule has 0 fully saturated rings. The Morgan fingerprint density at radius 1 is 1.45 bits per heavy atom. The number of hydrogen-bond donors (Lipinski definition) is 1. The second kappa shape index (κ2) is 11.1. The van der Waals surface area contributed by atoms with Crippen LogP contribution in [0.1, 0.15) is 32.8 Å². The van der Waals surface area contributed by atoms with E-state index in [1.54, 1.807) is 20.8 Å². The molecule has 0 amide bonds. The standard InChI is InChI=1S/C10H14N2.C5H9O2.Na/c1-4-9(3)12-10-6-5-8(2)7-11-10;1-5(2,3)7-4-6;/h5-7,9H,1,3-4H2,2H3,(H,11,12);1-3H3;/q-2;-1;+1. The molecule has 1 unspecified atom stereocenters. The van der Waals surface area contributed by atoms with Crippen LogP contribution in [0.25, 0.3) is 0 Å². The number of pyridine rings is 1. The summed E-state index contributed by atoms with van der Waals surface area (Å²) in [5.74, 6) is 0.865. The third-order valence-corrected chi connectivity index (χ3v) is 1.96.